The van der Waals surface area contributed by atoms with Crippen LogP contribution in [-0.4, -0.2) is 15.8 Å². The van der Waals surface area contributed by atoms with Gasteiger partial charge in [-0.25, -0.2) is 4.98 Å². The Balaban J connectivity index is 2.04. The molecule has 1 heterocycles. The number of rotatable bonds is 4. The van der Waals surface area contributed by atoms with Crippen molar-refractivity contribution in [3.63, 3.8) is 0 Å². The smallest absolute Gasteiger partial charge is 0.317 e. The van der Waals surface area contributed by atoms with Crippen molar-refractivity contribution in [3.8, 4) is 6.01 Å². The third-order valence-corrected chi connectivity index (χ3v) is 2.44. The number of nitrogens with one attached hydrogen (secondary N) is 1. The molecule has 0 saturated carbocycles. The van der Waals surface area contributed by atoms with Crippen molar-refractivity contribution in [2.75, 3.05) is 0 Å². The number of nitrogens with zero attached hydrogens (tertiary/aromatic N) is 2. The molecule has 0 bridgehead atoms. The van der Waals surface area contributed by atoms with Crippen LogP contribution in [0.1, 0.15) is 11.3 Å². The summed E-state index contributed by atoms with van der Waals surface area (Å²) in [4.78, 5) is 7.94. The van der Waals surface area contributed by atoms with Gasteiger partial charge in [-0.3, -0.25) is 5.41 Å². The number of hydrogen-bond acceptors (Lipinski definition) is 4. The molecule has 0 aliphatic rings. The zero-order valence-electron chi connectivity index (χ0n) is 9.43. The Morgan fingerprint density at radius 3 is 2.67 bits per heavy atom. The molecular weight excluding hydrogens is 252 g/mol. The van der Waals surface area contributed by atoms with Crippen LogP contribution in [0.2, 0.25) is 5.02 Å². The first-order chi connectivity index (χ1) is 8.65. The van der Waals surface area contributed by atoms with Gasteiger partial charge in [-0.05, 0) is 23.8 Å². The average molecular weight is 263 g/mol. The molecule has 18 heavy (non-hydrogen) atoms. The van der Waals surface area contributed by atoms with Gasteiger partial charge in [0.2, 0.25) is 0 Å². The number of nitrogen functional groups attached to an aromatic ring is 1. The van der Waals surface area contributed by atoms with Crippen molar-refractivity contribution in [2.24, 2.45) is 5.73 Å². The predicted molar refractivity (Wildman–Crippen MR) is 68.8 cm³/mol. The van der Waals surface area contributed by atoms with Crippen LogP contribution < -0.4 is 10.5 Å². The van der Waals surface area contributed by atoms with Crippen molar-refractivity contribution >= 4 is 17.4 Å². The van der Waals surface area contributed by atoms with Gasteiger partial charge in [0.05, 0.1) is 0 Å². The first-order valence-corrected chi connectivity index (χ1v) is 5.57. The number of nitrogens with two attached hydrogens (primary N) is 1. The number of aromatic nitrogens is 2. The van der Waals surface area contributed by atoms with Crippen molar-refractivity contribution in [3.05, 3.63) is 52.8 Å². The highest BCUT2D eigenvalue weighted by Crippen LogP contribution is 2.11. The summed E-state index contributed by atoms with van der Waals surface area (Å²) >= 11 is 5.78. The quantitative estimate of drug-likeness (QED) is 0.652. The molecule has 0 unspecified atom stereocenters. The first kappa shape index (κ1) is 12.3. The maximum Gasteiger partial charge on any atom is 0.317 e. The van der Waals surface area contributed by atoms with Crippen LogP contribution in [0.5, 0.6) is 6.01 Å². The molecule has 0 fully saturated rings. The molecule has 1 aromatic heterocycles. The van der Waals surface area contributed by atoms with Crippen LogP contribution in [0.4, 0.5) is 0 Å². The molecule has 5 nitrogen and oxygen atoms in total. The molecule has 92 valence electrons. The summed E-state index contributed by atoms with van der Waals surface area (Å²) in [6.07, 6.45) is 1.50. The second-order valence-corrected chi connectivity index (χ2v) is 3.99. The summed E-state index contributed by atoms with van der Waals surface area (Å²) in [6, 6.07) is 9.03. The molecular formula is C12H11ClN4O. The summed E-state index contributed by atoms with van der Waals surface area (Å²) in [5.74, 6) is -0.117. The summed E-state index contributed by atoms with van der Waals surface area (Å²) < 4.78 is 5.41. The molecule has 1 aromatic carbocycles. The molecule has 2 rings (SSSR count). The first-order valence-electron chi connectivity index (χ1n) is 5.20. The number of ether oxygens (including phenoxy) is 1. The van der Waals surface area contributed by atoms with Gasteiger partial charge in [-0.1, -0.05) is 23.7 Å². The lowest BCUT2D eigenvalue weighted by Gasteiger charge is -2.05. The molecule has 2 aromatic rings. The van der Waals surface area contributed by atoms with Crippen molar-refractivity contribution in [2.45, 2.75) is 6.61 Å². The fourth-order valence-corrected chi connectivity index (χ4v) is 1.41. The van der Waals surface area contributed by atoms with E-state index < -0.39 is 0 Å². The Morgan fingerprint density at radius 2 is 2.00 bits per heavy atom. The third-order valence-electron chi connectivity index (χ3n) is 2.19. The Morgan fingerprint density at radius 1 is 1.28 bits per heavy atom. The monoisotopic (exact) mass is 262 g/mol. The average Bonchev–Trinajstić information content (AvgIpc) is 2.38. The van der Waals surface area contributed by atoms with E-state index in [1.54, 1.807) is 18.2 Å². The van der Waals surface area contributed by atoms with Gasteiger partial charge in [0, 0.05) is 11.2 Å². The van der Waals surface area contributed by atoms with Crippen molar-refractivity contribution in [1.82, 2.24) is 9.97 Å². The second kappa shape index (κ2) is 5.46. The van der Waals surface area contributed by atoms with E-state index >= 15 is 0 Å². The van der Waals surface area contributed by atoms with E-state index in [0.717, 1.165) is 5.56 Å². The summed E-state index contributed by atoms with van der Waals surface area (Å²) in [5, 5.41) is 7.94. The highest BCUT2D eigenvalue weighted by molar-refractivity contribution is 6.30. The fourth-order valence-electron chi connectivity index (χ4n) is 1.29. The van der Waals surface area contributed by atoms with E-state index in [1.807, 2.05) is 12.1 Å². The number of benzene rings is 1. The van der Waals surface area contributed by atoms with E-state index in [1.165, 1.54) is 6.20 Å². The van der Waals surface area contributed by atoms with Crippen LogP contribution in [0.3, 0.4) is 0 Å². The van der Waals surface area contributed by atoms with Crippen LogP contribution in [-0.2, 0) is 6.61 Å². The van der Waals surface area contributed by atoms with Gasteiger partial charge in [-0.2, -0.15) is 4.98 Å². The molecule has 6 heteroatoms. The van der Waals surface area contributed by atoms with E-state index in [2.05, 4.69) is 9.97 Å². The van der Waals surface area contributed by atoms with E-state index in [9.17, 15) is 0 Å². The molecule has 0 radical (unpaired) electrons. The fraction of sp³-hybridized carbons (Fsp3) is 0.0833. The highest BCUT2D eigenvalue weighted by atomic mass is 35.5. The Bertz CT molecular complexity index is 556. The lowest BCUT2D eigenvalue weighted by molar-refractivity contribution is 0.280. The summed E-state index contributed by atoms with van der Waals surface area (Å²) in [5.41, 5.74) is 6.63. The Labute approximate surface area is 109 Å². The van der Waals surface area contributed by atoms with Crippen LogP contribution in [0, 0.1) is 5.41 Å². The van der Waals surface area contributed by atoms with Gasteiger partial charge < -0.3 is 10.5 Å². The predicted octanol–water partition coefficient (Wildman–Crippen LogP) is 1.99. The zero-order chi connectivity index (χ0) is 13.0. The molecule has 0 saturated heterocycles. The topological polar surface area (TPSA) is 84.9 Å². The number of halogens is 1. The van der Waals surface area contributed by atoms with E-state index in [0.29, 0.717) is 17.3 Å². The Kier molecular flexibility index (Phi) is 3.74. The third kappa shape index (κ3) is 3.18. The lowest BCUT2D eigenvalue weighted by atomic mass is 10.2. The molecule has 0 atom stereocenters. The molecule has 0 aliphatic heterocycles. The largest absolute Gasteiger partial charge is 0.459 e. The molecule has 3 N–H and O–H groups in total. The van der Waals surface area contributed by atoms with E-state index in [-0.39, 0.29) is 11.8 Å². The van der Waals surface area contributed by atoms with E-state index in [4.69, 9.17) is 27.5 Å². The SMILES string of the molecule is N=C(N)c1ccnc(OCc2ccc(Cl)cc2)n1. The zero-order valence-corrected chi connectivity index (χ0v) is 10.2. The van der Waals surface area contributed by atoms with Crippen molar-refractivity contribution < 1.29 is 4.74 Å². The highest BCUT2D eigenvalue weighted by Gasteiger charge is 2.03. The van der Waals surface area contributed by atoms with Crippen LogP contribution >= 0.6 is 11.6 Å². The maximum absolute atomic E-state index is 7.27. The van der Waals surface area contributed by atoms with Crippen LogP contribution in [0.25, 0.3) is 0 Å². The van der Waals surface area contributed by atoms with Crippen molar-refractivity contribution in [1.29, 1.82) is 5.41 Å². The standard InChI is InChI=1S/C12H11ClN4O/c13-9-3-1-8(2-4-9)7-18-12-16-6-5-10(17-12)11(14)15/h1-6H,7H2,(H3,14,15). The minimum atomic E-state index is -0.117. The number of amidine groups is 1. The Hall–Kier alpha value is -2.14. The molecule has 0 amide bonds. The second-order valence-electron chi connectivity index (χ2n) is 3.55. The van der Waals surface area contributed by atoms with Gasteiger partial charge in [0.25, 0.3) is 0 Å². The lowest BCUT2D eigenvalue weighted by Crippen LogP contribution is -2.14. The van der Waals surface area contributed by atoms with Gasteiger partial charge >= 0.3 is 6.01 Å². The van der Waals surface area contributed by atoms with Gasteiger partial charge in [-0.15, -0.1) is 0 Å². The van der Waals surface area contributed by atoms with Crippen LogP contribution in [0.15, 0.2) is 36.5 Å². The molecule has 0 aliphatic carbocycles. The molecule has 0 spiro atoms. The summed E-state index contributed by atoms with van der Waals surface area (Å²) in [7, 11) is 0. The minimum Gasteiger partial charge on any atom is -0.459 e. The number of hydrogen-bond donors (Lipinski definition) is 2. The maximum atomic E-state index is 7.27. The summed E-state index contributed by atoms with van der Waals surface area (Å²) in [6.45, 7) is 0.332. The van der Waals surface area contributed by atoms with Gasteiger partial charge in [0.1, 0.15) is 18.1 Å². The minimum absolute atomic E-state index is 0.117. The van der Waals surface area contributed by atoms with Gasteiger partial charge in [0.15, 0.2) is 0 Å². The normalized spacial score (nSPS) is 10.1.